The third kappa shape index (κ3) is 1.22. The van der Waals surface area contributed by atoms with Crippen molar-refractivity contribution in [1.82, 2.24) is 15.0 Å². The Bertz CT molecular complexity index is 430. The van der Waals surface area contributed by atoms with Crippen molar-refractivity contribution in [3.8, 4) is 0 Å². The predicted molar refractivity (Wildman–Crippen MR) is 52.4 cm³/mol. The fraction of sp³-hybridized carbons (Fsp3) is 0.200. The van der Waals surface area contributed by atoms with Gasteiger partial charge >= 0.3 is 0 Å². The summed E-state index contributed by atoms with van der Waals surface area (Å²) in [5.74, 6) is 0. The van der Waals surface area contributed by atoms with E-state index in [1.165, 1.54) is 0 Å². The number of nitrogens with zero attached hydrogens (tertiary/aromatic N) is 3. The lowest BCUT2D eigenvalue weighted by Gasteiger charge is -2.05. The molecular weight excluding hydrogens is 162 g/mol. The van der Waals surface area contributed by atoms with Gasteiger partial charge in [-0.05, 0) is 19.1 Å². The van der Waals surface area contributed by atoms with Crippen molar-refractivity contribution in [2.75, 3.05) is 0 Å². The van der Waals surface area contributed by atoms with Crippen molar-refractivity contribution in [2.45, 2.75) is 13.0 Å². The number of rotatable bonds is 2. The van der Waals surface area contributed by atoms with Crippen molar-refractivity contribution in [2.24, 2.45) is 0 Å². The van der Waals surface area contributed by atoms with E-state index in [1.54, 1.807) is 0 Å². The van der Waals surface area contributed by atoms with E-state index in [2.05, 4.69) is 16.9 Å². The van der Waals surface area contributed by atoms with Gasteiger partial charge in [-0.25, -0.2) is 4.68 Å². The maximum absolute atomic E-state index is 4.06. The molecule has 66 valence electrons. The highest BCUT2D eigenvalue weighted by Crippen LogP contribution is 2.14. The first-order valence-electron chi connectivity index (χ1n) is 4.25. The molecule has 0 aliphatic heterocycles. The zero-order chi connectivity index (χ0) is 9.26. The first-order valence-corrected chi connectivity index (χ1v) is 4.25. The topological polar surface area (TPSA) is 30.7 Å². The minimum Gasteiger partial charge on any atom is -0.238 e. The summed E-state index contributed by atoms with van der Waals surface area (Å²) in [6, 6.07) is 8.09. The maximum Gasteiger partial charge on any atom is 0.113 e. The van der Waals surface area contributed by atoms with Crippen molar-refractivity contribution in [3.05, 3.63) is 36.9 Å². The van der Waals surface area contributed by atoms with Crippen LogP contribution in [0.2, 0.25) is 0 Å². The van der Waals surface area contributed by atoms with E-state index >= 15 is 0 Å². The smallest absolute Gasteiger partial charge is 0.113 e. The van der Waals surface area contributed by atoms with E-state index in [0.29, 0.717) is 0 Å². The molecule has 1 heterocycles. The summed E-state index contributed by atoms with van der Waals surface area (Å²) in [5.41, 5.74) is 1.98. The van der Waals surface area contributed by atoms with Crippen molar-refractivity contribution >= 4 is 11.0 Å². The van der Waals surface area contributed by atoms with Gasteiger partial charge < -0.3 is 0 Å². The van der Waals surface area contributed by atoms with Crippen molar-refractivity contribution in [1.29, 1.82) is 0 Å². The summed E-state index contributed by atoms with van der Waals surface area (Å²) < 4.78 is 1.86. The fourth-order valence-corrected chi connectivity index (χ4v) is 1.29. The van der Waals surface area contributed by atoms with E-state index in [9.17, 15) is 0 Å². The van der Waals surface area contributed by atoms with E-state index in [4.69, 9.17) is 0 Å². The van der Waals surface area contributed by atoms with Gasteiger partial charge in [0.1, 0.15) is 5.52 Å². The average Bonchev–Trinajstić information content (AvgIpc) is 2.60. The molecule has 0 fully saturated rings. The van der Waals surface area contributed by atoms with E-state index in [-0.39, 0.29) is 6.04 Å². The quantitative estimate of drug-likeness (QED) is 0.652. The Morgan fingerprint density at radius 2 is 2.23 bits per heavy atom. The fourth-order valence-electron chi connectivity index (χ4n) is 1.29. The molecule has 0 aliphatic rings. The van der Waals surface area contributed by atoms with Gasteiger partial charge in [0, 0.05) is 0 Å². The van der Waals surface area contributed by atoms with E-state index in [1.807, 2.05) is 41.9 Å². The molecular formula is C10H11N3. The first-order chi connectivity index (χ1) is 6.33. The van der Waals surface area contributed by atoms with Crippen LogP contribution >= 0.6 is 0 Å². The predicted octanol–water partition coefficient (Wildman–Crippen LogP) is 2.18. The normalized spacial score (nSPS) is 13.0. The number of aromatic nitrogens is 3. The number of hydrogen-bond acceptors (Lipinski definition) is 2. The van der Waals surface area contributed by atoms with Crippen LogP contribution in [0, 0.1) is 0 Å². The highest BCUT2D eigenvalue weighted by molar-refractivity contribution is 5.74. The SMILES string of the molecule is C=CC(C)n1nnc2ccccc21. The van der Waals surface area contributed by atoms with Crippen molar-refractivity contribution < 1.29 is 0 Å². The Kier molecular flexibility index (Phi) is 1.85. The van der Waals surface area contributed by atoms with Gasteiger partial charge in [-0.15, -0.1) is 11.7 Å². The number of benzene rings is 1. The number of hydrogen-bond donors (Lipinski definition) is 0. The number of fused-ring (bicyclic) bond motifs is 1. The van der Waals surface area contributed by atoms with Crippen LogP contribution in [0.4, 0.5) is 0 Å². The molecule has 3 nitrogen and oxygen atoms in total. The van der Waals surface area contributed by atoms with Gasteiger partial charge in [-0.3, -0.25) is 0 Å². The molecule has 2 rings (SSSR count). The molecule has 0 saturated heterocycles. The van der Waals surface area contributed by atoms with Crippen LogP contribution in [0.15, 0.2) is 36.9 Å². The summed E-state index contributed by atoms with van der Waals surface area (Å²) >= 11 is 0. The average molecular weight is 173 g/mol. The molecule has 0 aliphatic carbocycles. The Hall–Kier alpha value is -1.64. The van der Waals surface area contributed by atoms with Crippen molar-refractivity contribution in [3.63, 3.8) is 0 Å². The molecule has 0 bridgehead atoms. The molecule has 1 aromatic carbocycles. The maximum atomic E-state index is 4.06. The third-order valence-electron chi connectivity index (χ3n) is 2.10. The largest absolute Gasteiger partial charge is 0.238 e. The second-order valence-corrected chi connectivity index (χ2v) is 3.00. The summed E-state index contributed by atoms with van der Waals surface area (Å²) in [4.78, 5) is 0. The molecule has 13 heavy (non-hydrogen) atoms. The summed E-state index contributed by atoms with van der Waals surface area (Å²) in [5, 5.41) is 8.11. The van der Waals surface area contributed by atoms with Crippen LogP contribution in [-0.2, 0) is 0 Å². The van der Waals surface area contributed by atoms with Gasteiger partial charge in [0.25, 0.3) is 0 Å². The number of allylic oxidation sites excluding steroid dienone is 1. The monoisotopic (exact) mass is 173 g/mol. The van der Waals surface area contributed by atoms with Crippen LogP contribution in [0.1, 0.15) is 13.0 Å². The summed E-state index contributed by atoms with van der Waals surface area (Å²) in [7, 11) is 0. The standard InChI is InChI=1S/C10H11N3/c1-3-8(2)13-10-7-5-4-6-9(10)11-12-13/h3-8H,1H2,2H3. The minimum absolute atomic E-state index is 0.187. The second-order valence-electron chi connectivity index (χ2n) is 3.00. The molecule has 3 heteroatoms. The van der Waals surface area contributed by atoms with Gasteiger partial charge in [0.05, 0.1) is 11.6 Å². The lowest BCUT2D eigenvalue weighted by atomic mass is 10.3. The van der Waals surface area contributed by atoms with E-state index in [0.717, 1.165) is 11.0 Å². The lowest BCUT2D eigenvalue weighted by molar-refractivity contribution is 0.576. The zero-order valence-corrected chi connectivity index (χ0v) is 7.51. The van der Waals surface area contributed by atoms with Gasteiger partial charge in [0.15, 0.2) is 0 Å². The second kappa shape index (κ2) is 3.01. The molecule has 1 unspecified atom stereocenters. The Morgan fingerprint density at radius 3 is 3.00 bits per heavy atom. The van der Waals surface area contributed by atoms with E-state index < -0.39 is 0 Å². The molecule has 1 aromatic heterocycles. The summed E-state index contributed by atoms with van der Waals surface area (Å²) in [6.07, 6.45) is 1.85. The Labute approximate surface area is 76.7 Å². The molecule has 2 aromatic rings. The van der Waals surface area contributed by atoms with Crippen LogP contribution in [0.3, 0.4) is 0 Å². The van der Waals surface area contributed by atoms with Gasteiger partial charge in [-0.2, -0.15) is 0 Å². The zero-order valence-electron chi connectivity index (χ0n) is 7.51. The minimum atomic E-state index is 0.187. The van der Waals surface area contributed by atoms with Crippen LogP contribution < -0.4 is 0 Å². The van der Waals surface area contributed by atoms with Gasteiger partial charge in [0.2, 0.25) is 0 Å². The molecule has 0 spiro atoms. The van der Waals surface area contributed by atoms with Crippen LogP contribution in [0.25, 0.3) is 11.0 Å². The Balaban J connectivity index is 2.64. The third-order valence-corrected chi connectivity index (χ3v) is 2.10. The highest BCUT2D eigenvalue weighted by Gasteiger charge is 2.06. The molecule has 0 amide bonds. The molecule has 0 N–H and O–H groups in total. The van der Waals surface area contributed by atoms with Crippen LogP contribution in [-0.4, -0.2) is 15.0 Å². The molecule has 0 saturated carbocycles. The number of para-hydroxylation sites is 1. The van der Waals surface area contributed by atoms with Gasteiger partial charge in [-0.1, -0.05) is 23.4 Å². The van der Waals surface area contributed by atoms with Crippen LogP contribution in [0.5, 0.6) is 0 Å². The first kappa shape index (κ1) is 7.98. The Morgan fingerprint density at radius 1 is 1.46 bits per heavy atom. The summed E-state index contributed by atoms with van der Waals surface area (Å²) in [6.45, 7) is 5.77. The molecule has 0 radical (unpaired) electrons. The highest BCUT2D eigenvalue weighted by atomic mass is 15.4. The lowest BCUT2D eigenvalue weighted by Crippen LogP contribution is -2.03. The molecule has 1 atom stereocenters.